The molecule has 0 aliphatic carbocycles. The van der Waals surface area contributed by atoms with Gasteiger partial charge in [-0.2, -0.15) is 8.78 Å². The van der Waals surface area contributed by atoms with Gasteiger partial charge in [-0.3, -0.25) is 14.2 Å². The number of carboxylic acids is 1. The van der Waals surface area contributed by atoms with Gasteiger partial charge in [0.25, 0.3) is 0 Å². The van der Waals surface area contributed by atoms with Crippen molar-refractivity contribution < 1.29 is 37.8 Å². The third-order valence-electron chi connectivity index (χ3n) is 1.42. The van der Waals surface area contributed by atoms with Crippen LogP contribution in [0.25, 0.3) is 0 Å². The molecule has 0 amide bonds. The van der Waals surface area contributed by atoms with Crippen molar-refractivity contribution in [2.75, 3.05) is 0 Å². The van der Waals surface area contributed by atoms with E-state index in [1.165, 1.54) is 0 Å². The second kappa shape index (κ2) is 4.31. The Morgan fingerprint density at radius 2 is 1.80 bits per heavy atom. The summed E-state index contributed by atoms with van der Waals surface area (Å²) >= 11 is 0. The third-order valence-corrected chi connectivity index (χ3v) is 2.40. The molecule has 88 valence electrons. The summed E-state index contributed by atoms with van der Waals surface area (Å²) < 4.78 is 35.4. The minimum Gasteiger partial charge on any atom is -0.480 e. The molecule has 0 heterocycles. The second-order valence-electron chi connectivity index (χ2n) is 2.66. The van der Waals surface area contributed by atoms with Crippen molar-refractivity contribution in [1.29, 1.82) is 0 Å². The molecule has 0 aromatic heterocycles. The number of carbonyl (C=O) groups excluding carboxylic acids is 1. The maximum Gasteiger partial charge on any atom is 0.402 e. The van der Waals surface area contributed by atoms with Crippen LogP contribution in [0.5, 0.6) is 0 Å². The number of aliphatic carboxylic acids is 1. The summed E-state index contributed by atoms with van der Waals surface area (Å²) in [5.41, 5.74) is -0.152. The lowest BCUT2D eigenvalue weighted by Crippen LogP contribution is -2.38. The van der Waals surface area contributed by atoms with Crippen LogP contribution >= 0.6 is 7.60 Å². The Labute approximate surface area is 82.0 Å². The zero-order valence-electron chi connectivity index (χ0n) is 7.13. The number of Topliss-reactive ketones (excluding diaryl/α,β-unsaturated/α-hetero) is 1. The van der Waals surface area contributed by atoms with E-state index in [9.17, 15) is 22.9 Å². The lowest BCUT2D eigenvalue weighted by molar-refractivity contribution is -0.143. The summed E-state index contributed by atoms with van der Waals surface area (Å²) in [5, 5.41) is 8.18. The van der Waals surface area contributed by atoms with E-state index in [-0.39, 0.29) is 0 Å². The Kier molecular flexibility index (Phi) is 4.06. The van der Waals surface area contributed by atoms with Crippen molar-refractivity contribution in [2.24, 2.45) is 5.73 Å². The number of ketones is 1. The molecule has 1 atom stereocenters. The number of carboxylic acid groups (broad SMARTS) is 1. The number of alkyl halides is 2. The lowest BCUT2D eigenvalue weighted by Gasteiger charge is -2.16. The summed E-state index contributed by atoms with van der Waals surface area (Å²) in [6.07, 6.45) is -1.35. The van der Waals surface area contributed by atoms with Gasteiger partial charge in [-0.05, 0) is 0 Å². The SMILES string of the molecule is NC(CC(=O)C(F)(F)P(=O)(O)O)C(=O)O. The lowest BCUT2D eigenvalue weighted by atomic mass is 10.1. The molecule has 0 spiro atoms. The highest BCUT2D eigenvalue weighted by atomic mass is 31.2. The van der Waals surface area contributed by atoms with Crippen molar-refractivity contribution in [3.63, 3.8) is 0 Å². The molecule has 0 aromatic rings. The van der Waals surface area contributed by atoms with E-state index in [1.807, 2.05) is 0 Å². The zero-order valence-corrected chi connectivity index (χ0v) is 8.03. The standard InChI is InChI=1S/C5H8F2NO6P/c6-5(7,15(12,13)14)3(9)1-2(8)4(10)11/h2H,1,8H2,(H,10,11)(H2,12,13,14). The first-order valence-electron chi connectivity index (χ1n) is 3.45. The minimum atomic E-state index is -5.94. The van der Waals surface area contributed by atoms with Gasteiger partial charge in [-0.1, -0.05) is 0 Å². The van der Waals surface area contributed by atoms with Gasteiger partial charge in [0.1, 0.15) is 6.04 Å². The topological polar surface area (TPSA) is 138 Å². The number of nitrogens with two attached hydrogens (primary N) is 1. The maximum absolute atomic E-state index is 12.6. The van der Waals surface area contributed by atoms with Crippen molar-refractivity contribution in [2.45, 2.75) is 18.1 Å². The fourth-order valence-electron chi connectivity index (χ4n) is 0.572. The number of carbonyl (C=O) groups is 2. The highest BCUT2D eigenvalue weighted by molar-refractivity contribution is 7.54. The second-order valence-corrected chi connectivity index (χ2v) is 4.31. The van der Waals surface area contributed by atoms with Crippen LogP contribution in [0.15, 0.2) is 0 Å². The summed E-state index contributed by atoms with van der Waals surface area (Å²) in [7, 11) is -5.94. The third kappa shape index (κ3) is 3.31. The van der Waals surface area contributed by atoms with E-state index in [0.717, 1.165) is 0 Å². The maximum atomic E-state index is 12.6. The van der Waals surface area contributed by atoms with Gasteiger partial charge in [-0.15, -0.1) is 0 Å². The molecule has 5 N–H and O–H groups in total. The van der Waals surface area contributed by atoms with Crippen LogP contribution in [0.1, 0.15) is 6.42 Å². The van der Waals surface area contributed by atoms with Crippen LogP contribution in [-0.2, 0) is 14.2 Å². The molecule has 10 heteroatoms. The van der Waals surface area contributed by atoms with Crippen LogP contribution in [0, 0.1) is 0 Å². The predicted molar refractivity (Wildman–Crippen MR) is 42.2 cm³/mol. The molecular weight excluding hydrogens is 239 g/mol. The Morgan fingerprint density at radius 3 is 2.07 bits per heavy atom. The van der Waals surface area contributed by atoms with E-state index >= 15 is 0 Å². The fourth-order valence-corrected chi connectivity index (χ4v) is 0.988. The monoisotopic (exact) mass is 247 g/mol. The van der Waals surface area contributed by atoms with Crippen LogP contribution in [0.4, 0.5) is 8.78 Å². The quantitative estimate of drug-likeness (QED) is 0.463. The summed E-state index contributed by atoms with van der Waals surface area (Å²) in [5.74, 6) is -3.92. The highest BCUT2D eigenvalue weighted by Crippen LogP contribution is 2.53. The minimum absolute atomic E-state index is 1.35. The summed E-state index contributed by atoms with van der Waals surface area (Å²) in [6, 6.07) is -1.92. The van der Waals surface area contributed by atoms with E-state index in [2.05, 4.69) is 0 Å². The molecule has 0 saturated heterocycles. The van der Waals surface area contributed by atoms with Gasteiger partial charge in [0.2, 0.25) is 5.78 Å². The van der Waals surface area contributed by atoms with Gasteiger partial charge in [0, 0.05) is 6.42 Å². The van der Waals surface area contributed by atoms with Gasteiger partial charge in [0.15, 0.2) is 0 Å². The molecule has 7 nitrogen and oxygen atoms in total. The highest BCUT2D eigenvalue weighted by Gasteiger charge is 2.55. The smallest absolute Gasteiger partial charge is 0.402 e. The van der Waals surface area contributed by atoms with E-state index in [0.29, 0.717) is 0 Å². The molecule has 0 saturated carbocycles. The number of halogens is 2. The average molecular weight is 247 g/mol. The predicted octanol–water partition coefficient (Wildman–Crippen LogP) is -0.872. The zero-order chi connectivity index (χ0) is 12.4. The average Bonchev–Trinajstić information content (AvgIpc) is 2.01. The van der Waals surface area contributed by atoms with Crippen molar-refractivity contribution in [3.05, 3.63) is 0 Å². The van der Waals surface area contributed by atoms with Gasteiger partial charge < -0.3 is 20.6 Å². The van der Waals surface area contributed by atoms with Gasteiger partial charge in [-0.25, -0.2) is 0 Å². The molecule has 0 rings (SSSR count). The summed E-state index contributed by atoms with van der Waals surface area (Å²) in [6.45, 7) is 0. The molecular formula is C5H8F2NO6P. The Hall–Kier alpha value is -0.890. The molecule has 0 fully saturated rings. The first kappa shape index (κ1) is 14.1. The van der Waals surface area contributed by atoms with Crippen LogP contribution in [0.2, 0.25) is 0 Å². The molecule has 1 unspecified atom stereocenters. The van der Waals surface area contributed by atoms with Crippen molar-refractivity contribution >= 4 is 19.3 Å². The van der Waals surface area contributed by atoms with Crippen LogP contribution in [0.3, 0.4) is 0 Å². The number of hydrogen-bond donors (Lipinski definition) is 4. The van der Waals surface area contributed by atoms with E-state index < -0.39 is 37.5 Å². The molecule has 0 bridgehead atoms. The molecule has 0 aliphatic rings. The Balaban J connectivity index is 4.74. The summed E-state index contributed by atoms with van der Waals surface area (Å²) in [4.78, 5) is 37.0. The van der Waals surface area contributed by atoms with Crippen molar-refractivity contribution in [3.8, 4) is 0 Å². The molecule has 0 aromatic carbocycles. The normalized spacial score (nSPS) is 14.7. The largest absolute Gasteiger partial charge is 0.480 e. The van der Waals surface area contributed by atoms with E-state index in [1.54, 1.807) is 0 Å². The first-order valence-corrected chi connectivity index (χ1v) is 5.06. The molecule has 15 heavy (non-hydrogen) atoms. The van der Waals surface area contributed by atoms with Crippen LogP contribution < -0.4 is 5.73 Å². The van der Waals surface area contributed by atoms with Crippen molar-refractivity contribution in [1.82, 2.24) is 0 Å². The Bertz CT molecular complexity index is 325. The Morgan fingerprint density at radius 1 is 1.40 bits per heavy atom. The fraction of sp³-hybridized carbons (Fsp3) is 0.600. The molecule has 0 radical (unpaired) electrons. The van der Waals surface area contributed by atoms with Gasteiger partial charge in [0.05, 0.1) is 0 Å². The van der Waals surface area contributed by atoms with Gasteiger partial charge >= 0.3 is 19.2 Å². The first-order chi connectivity index (χ1) is 6.50. The number of hydrogen-bond acceptors (Lipinski definition) is 4. The molecule has 0 aliphatic heterocycles. The van der Waals surface area contributed by atoms with E-state index in [4.69, 9.17) is 20.6 Å². The number of rotatable bonds is 5. The van der Waals surface area contributed by atoms with Crippen LogP contribution in [-0.4, -0.2) is 38.4 Å².